The lowest BCUT2D eigenvalue weighted by Crippen LogP contribution is -2.48. The number of methoxy groups -OCH3 is 3. The molecule has 0 aromatic heterocycles. The summed E-state index contributed by atoms with van der Waals surface area (Å²) in [6.45, 7) is 1.84. The molecule has 30 heavy (non-hydrogen) atoms. The number of rotatable bonds is 9. The van der Waals surface area contributed by atoms with Crippen LogP contribution in [0.5, 0.6) is 5.75 Å². The third-order valence-electron chi connectivity index (χ3n) is 4.51. The van der Waals surface area contributed by atoms with Crippen molar-refractivity contribution in [3.05, 3.63) is 23.8 Å². The van der Waals surface area contributed by atoms with Crippen molar-refractivity contribution in [1.82, 2.24) is 14.9 Å². The van der Waals surface area contributed by atoms with Crippen LogP contribution in [0.4, 0.5) is 0 Å². The van der Waals surface area contributed by atoms with E-state index < -0.39 is 34.4 Å². The molecule has 0 unspecified atom stereocenters. The van der Waals surface area contributed by atoms with Gasteiger partial charge in [-0.05, 0) is 30.7 Å². The molecule has 1 saturated heterocycles. The first-order chi connectivity index (χ1) is 14.2. The molecular weight excluding hydrogens is 418 g/mol. The molecule has 0 saturated carbocycles. The monoisotopic (exact) mass is 445 g/mol. The number of aryl methyl sites for hydroxylation is 1. The number of carbonyl (C=O) groups excluding carboxylic acids is 2. The molecule has 1 fully saturated rings. The quantitative estimate of drug-likeness (QED) is 0.373. The average molecular weight is 445 g/mol. The number of ether oxygens (including phenoxy) is 4. The SMILES string of the molecule is COc1ccc(S(=O)(=O)N2CCO[C@H]2CNC(=O)C(=O)NCC(OC)OC)cc1C. The van der Waals surface area contributed by atoms with E-state index in [0.29, 0.717) is 11.3 Å². The zero-order valence-corrected chi connectivity index (χ0v) is 18.2. The number of nitrogens with one attached hydrogen (secondary N) is 2. The smallest absolute Gasteiger partial charge is 0.309 e. The van der Waals surface area contributed by atoms with Crippen LogP contribution in [0.25, 0.3) is 0 Å². The van der Waals surface area contributed by atoms with E-state index in [0.717, 1.165) is 4.31 Å². The molecule has 0 aliphatic carbocycles. The normalized spacial score (nSPS) is 17.2. The highest BCUT2D eigenvalue weighted by atomic mass is 32.2. The van der Waals surface area contributed by atoms with Crippen LogP contribution in [-0.2, 0) is 33.8 Å². The lowest BCUT2D eigenvalue weighted by atomic mass is 10.2. The first kappa shape index (κ1) is 24.0. The first-order valence-corrected chi connectivity index (χ1v) is 10.6. The van der Waals surface area contributed by atoms with Crippen molar-refractivity contribution in [2.45, 2.75) is 24.3 Å². The Morgan fingerprint density at radius 2 is 1.87 bits per heavy atom. The Bertz CT molecular complexity index is 857. The Balaban J connectivity index is 1.99. The van der Waals surface area contributed by atoms with Crippen molar-refractivity contribution in [1.29, 1.82) is 0 Å². The molecule has 1 aromatic carbocycles. The molecule has 1 aliphatic rings. The van der Waals surface area contributed by atoms with Crippen molar-refractivity contribution >= 4 is 21.8 Å². The third-order valence-corrected chi connectivity index (χ3v) is 6.40. The highest BCUT2D eigenvalue weighted by Crippen LogP contribution is 2.26. The van der Waals surface area contributed by atoms with E-state index in [1.165, 1.54) is 33.5 Å². The van der Waals surface area contributed by atoms with Gasteiger partial charge in [0.05, 0.1) is 31.7 Å². The standard InChI is InChI=1S/C18H27N3O8S/c1-12-9-13(5-6-14(12)26-2)30(24,25)21-7-8-29-15(21)10-19-17(22)18(23)20-11-16(27-3)28-4/h5-6,9,15-16H,7-8,10-11H2,1-4H3,(H,19,22)(H,20,23)/t15-/m0/s1. The van der Waals surface area contributed by atoms with Crippen LogP contribution < -0.4 is 15.4 Å². The van der Waals surface area contributed by atoms with Crippen LogP contribution in [0.15, 0.2) is 23.1 Å². The molecular formula is C18H27N3O8S. The first-order valence-electron chi connectivity index (χ1n) is 9.14. The summed E-state index contributed by atoms with van der Waals surface area (Å²) in [6, 6.07) is 4.54. The number of benzene rings is 1. The van der Waals surface area contributed by atoms with Crippen LogP contribution >= 0.6 is 0 Å². The topological polar surface area (TPSA) is 132 Å². The average Bonchev–Trinajstić information content (AvgIpc) is 3.22. The molecule has 0 bridgehead atoms. The van der Waals surface area contributed by atoms with Crippen LogP contribution in [0.3, 0.4) is 0 Å². The van der Waals surface area contributed by atoms with E-state index in [1.54, 1.807) is 13.0 Å². The van der Waals surface area contributed by atoms with E-state index in [9.17, 15) is 18.0 Å². The van der Waals surface area contributed by atoms with Gasteiger partial charge in [0.2, 0.25) is 10.0 Å². The lowest BCUT2D eigenvalue weighted by molar-refractivity contribution is -0.142. The predicted molar refractivity (Wildman–Crippen MR) is 105 cm³/mol. The Kier molecular flexibility index (Phi) is 8.55. The van der Waals surface area contributed by atoms with Gasteiger partial charge in [0.15, 0.2) is 6.29 Å². The highest BCUT2D eigenvalue weighted by Gasteiger charge is 2.37. The van der Waals surface area contributed by atoms with Crippen molar-refractivity contribution in [2.24, 2.45) is 0 Å². The van der Waals surface area contributed by atoms with Crippen molar-refractivity contribution in [2.75, 3.05) is 47.6 Å². The van der Waals surface area contributed by atoms with Crippen molar-refractivity contribution in [3.8, 4) is 5.75 Å². The molecule has 1 heterocycles. The minimum atomic E-state index is -3.86. The lowest BCUT2D eigenvalue weighted by Gasteiger charge is -2.23. The number of sulfonamides is 1. The summed E-state index contributed by atoms with van der Waals surface area (Å²) in [5.74, 6) is -1.24. The molecule has 2 rings (SSSR count). The van der Waals surface area contributed by atoms with Gasteiger partial charge in [-0.25, -0.2) is 8.42 Å². The largest absolute Gasteiger partial charge is 0.496 e. The Labute approximate surface area is 175 Å². The van der Waals surface area contributed by atoms with Crippen molar-refractivity contribution in [3.63, 3.8) is 0 Å². The second-order valence-electron chi connectivity index (χ2n) is 6.39. The fourth-order valence-electron chi connectivity index (χ4n) is 2.87. The maximum absolute atomic E-state index is 13.0. The van der Waals surface area contributed by atoms with E-state index in [1.807, 2.05) is 0 Å². The van der Waals surface area contributed by atoms with Gasteiger partial charge in [-0.3, -0.25) is 9.59 Å². The van der Waals surface area contributed by atoms with Gasteiger partial charge in [-0.2, -0.15) is 4.31 Å². The number of carbonyl (C=O) groups is 2. The van der Waals surface area contributed by atoms with Gasteiger partial charge in [-0.15, -0.1) is 0 Å². The van der Waals surface area contributed by atoms with Gasteiger partial charge in [-0.1, -0.05) is 0 Å². The van der Waals surface area contributed by atoms with Crippen LogP contribution in [0.2, 0.25) is 0 Å². The summed E-state index contributed by atoms with van der Waals surface area (Å²) in [5.41, 5.74) is 0.672. The van der Waals surface area contributed by atoms with Gasteiger partial charge >= 0.3 is 11.8 Å². The molecule has 168 valence electrons. The molecule has 0 spiro atoms. The number of hydrogen-bond donors (Lipinski definition) is 2. The van der Waals surface area contributed by atoms with E-state index in [4.69, 9.17) is 18.9 Å². The van der Waals surface area contributed by atoms with Crippen LogP contribution in [0.1, 0.15) is 5.56 Å². The fraction of sp³-hybridized carbons (Fsp3) is 0.556. The molecule has 0 radical (unpaired) electrons. The summed E-state index contributed by atoms with van der Waals surface area (Å²) >= 11 is 0. The minimum Gasteiger partial charge on any atom is -0.496 e. The molecule has 1 atom stereocenters. The molecule has 1 aliphatic heterocycles. The van der Waals surface area contributed by atoms with Gasteiger partial charge < -0.3 is 29.6 Å². The van der Waals surface area contributed by atoms with E-state index in [2.05, 4.69) is 10.6 Å². The van der Waals surface area contributed by atoms with Crippen LogP contribution in [0, 0.1) is 6.92 Å². The second kappa shape index (κ2) is 10.7. The second-order valence-corrected chi connectivity index (χ2v) is 8.28. The molecule has 2 N–H and O–H groups in total. The van der Waals surface area contributed by atoms with Crippen LogP contribution in [-0.4, -0.2) is 84.6 Å². The maximum Gasteiger partial charge on any atom is 0.309 e. The Morgan fingerprint density at radius 1 is 1.20 bits per heavy atom. The van der Waals surface area contributed by atoms with E-state index in [-0.39, 0.29) is 31.1 Å². The van der Waals surface area contributed by atoms with Gasteiger partial charge in [0, 0.05) is 20.8 Å². The Morgan fingerprint density at radius 3 is 2.47 bits per heavy atom. The van der Waals surface area contributed by atoms with Gasteiger partial charge in [0.1, 0.15) is 12.0 Å². The predicted octanol–water partition coefficient (Wildman–Crippen LogP) is -0.798. The summed E-state index contributed by atoms with van der Waals surface area (Å²) < 4.78 is 47.6. The summed E-state index contributed by atoms with van der Waals surface area (Å²) in [7, 11) is 0.440. The maximum atomic E-state index is 13.0. The Hall–Kier alpha value is -2.25. The number of hydrogen-bond acceptors (Lipinski definition) is 8. The summed E-state index contributed by atoms with van der Waals surface area (Å²) in [6.07, 6.45) is -1.62. The molecule has 12 heteroatoms. The fourth-order valence-corrected chi connectivity index (χ4v) is 4.46. The highest BCUT2D eigenvalue weighted by molar-refractivity contribution is 7.89. The van der Waals surface area contributed by atoms with Gasteiger partial charge in [0.25, 0.3) is 0 Å². The zero-order chi connectivity index (χ0) is 22.3. The third kappa shape index (κ3) is 5.67. The molecule has 11 nitrogen and oxygen atoms in total. The summed E-state index contributed by atoms with van der Waals surface area (Å²) in [4.78, 5) is 23.9. The zero-order valence-electron chi connectivity index (χ0n) is 17.3. The van der Waals surface area contributed by atoms with E-state index >= 15 is 0 Å². The number of amides is 2. The summed E-state index contributed by atoms with van der Waals surface area (Å²) in [5, 5.41) is 4.74. The minimum absolute atomic E-state index is 0.0174. The molecule has 1 aromatic rings. The number of nitrogens with zero attached hydrogens (tertiary/aromatic N) is 1. The van der Waals surface area contributed by atoms with Crippen molar-refractivity contribution < 1.29 is 37.0 Å². The molecule has 2 amide bonds.